The number of hydrogen-bond acceptors (Lipinski definition) is 9. The molecule has 36 heavy (non-hydrogen) atoms. The van der Waals surface area contributed by atoms with E-state index in [1.165, 1.54) is 11.8 Å². The molecule has 186 valence electrons. The van der Waals surface area contributed by atoms with Gasteiger partial charge in [0.25, 0.3) is 0 Å². The summed E-state index contributed by atoms with van der Waals surface area (Å²) in [7, 11) is 1.60. The number of rotatable bonds is 7. The van der Waals surface area contributed by atoms with Crippen LogP contribution in [0.15, 0.2) is 41.4 Å². The van der Waals surface area contributed by atoms with E-state index in [0.29, 0.717) is 44.3 Å². The molecule has 3 aliphatic rings. The molecular weight excluding hydrogens is 482 g/mol. The Bertz CT molecular complexity index is 1350. The van der Waals surface area contributed by atoms with Crippen molar-refractivity contribution in [1.29, 1.82) is 0 Å². The highest BCUT2D eigenvalue weighted by Crippen LogP contribution is 2.38. The van der Waals surface area contributed by atoms with E-state index < -0.39 is 0 Å². The largest absolute Gasteiger partial charge is 0.491 e. The Morgan fingerprint density at radius 2 is 2.19 bits per heavy atom. The molecule has 1 unspecified atom stereocenters. The Morgan fingerprint density at radius 3 is 3.08 bits per heavy atom. The maximum Gasteiger partial charge on any atom is 0.414 e. The number of benzene rings is 1. The molecule has 6 rings (SSSR count). The van der Waals surface area contributed by atoms with Gasteiger partial charge in [-0.1, -0.05) is 0 Å². The van der Waals surface area contributed by atoms with Crippen molar-refractivity contribution in [3.63, 3.8) is 0 Å². The second kappa shape index (κ2) is 9.47. The van der Waals surface area contributed by atoms with Gasteiger partial charge in [0.2, 0.25) is 11.8 Å². The summed E-state index contributed by atoms with van der Waals surface area (Å²) in [6.45, 7) is 2.42. The number of nitrogens with zero attached hydrogens (tertiary/aromatic N) is 3. The van der Waals surface area contributed by atoms with Crippen molar-refractivity contribution in [3.8, 4) is 11.6 Å². The van der Waals surface area contributed by atoms with Crippen molar-refractivity contribution in [3.05, 3.63) is 42.1 Å². The Morgan fingerprint density at radius 1 is 1.28 bits per heavy atom. The molecule has 10 nitrogen and oxygen atoms in total. The minimum atomic E-state index is -0.369. The molecule has 3 aliphatic heterocycles. The topological polar surface area (TPSA) is 115 Å². The number of aromatic nitrogens is 2. The Labute approximate surface area is 211 Å². The minimum absolute atomic E-state index is 0.0351. The molecule has 0 saturated carbocycles. The zero-order valence-corrected chi connectivity index (χ0v) is 20.5. The molecule has 0 aliphatic carbocycles. The fourth-order valence-corrected chi connectivity index (χ4v) is 5.56. The first-order chi connectivity index (χ1) is 17.6. The third-order valence-electron chi connectivity index (χ3n) is 6.56. The predicted molar refractivity (Wildman–Crippen MR) is 135 cm³/mol. The van der Waals surface area contributed by atoms with Crippen LogP contribution in [0.4, 0.5) is 16.2 Å². The SMILES string of the molecule is COc1ccc2ncc3c(c2n1)C(CNCC[C@H]1CN(c2ccc4c(c2)NC(=O)CS4)C(=O)O1)CO3. The number of carbonyl (C=O) groups is 2. The average Bonchev–Trinajstić information content (AvgIpc) is 3.49. The summed E-state index contributed by atoms with van der Waals surface area (Å²) in [5.41, 5.74) is 4.11. The summed E-state index contributed by atoms with van der Waals surface area (Å²) >= 11 is 1.49. The molecule has 5 heterocycles. The van der Waals surface area contributed by atoms with Crippen LogP contribution in [-0.2, 0) is 9.53 Å². The monoisotopic (exact) mass is 507 g/mol. The maximum absolute atomic E-state index is 12.5. The van der Waals surface area contributed by atoms with E-state index in [2.05, 4.69) is 20.6 Å². The molecule has 3 aromatic rings. The number of cyclic esters (lactones) is 1. The van der Waals surface area contributed by atoms with E-state index in [1.807, 2.05) is 24.3 Å². The van der Waals surface area contributed by atoms with Gasteiger partial charge in [0.1, 0.15) is 17.4 Å². The lowest BCUT2D eigenvalue weighted by molar-refractivity contribution is -0.113. The second-order valence-electron chi connectivity index (χ2n) is 8.89. The van der Waals surface area contributed by atoms with Crippen molar-refractivity contribution >= 4 is 46.2 Å². The number of thioether (sulfide) groups is 1. The first kappa shape index (κ1) is 22.9. The highest BCUT2D eigenvalue weighted by molar-refractivity contribution is 8.00. The predicted octanol–water partition coefficient (Wildman–Crippen LogP) is 3.16. The van der Waals surface area contributed by atoms with Crippen LogP contribution in [0, 0.1) is 0 Å². The fourth-order valence-electron chi connectivity index (χ4n) is 4.77. The fraction of sp³-hybridized carbons (Fsp3) is 0.360. The number of carbonyl (C=O) groups excluding carboxylic acids is 2. The van der Waals surface area contributed by atoms with Crippen LogP contribution in [0.1, 0.15) is 17.9 Å². The van der Waals surface area contributed by atoms with Crippen molar-refractivity contribution in [2.45, 2.75) is 23.3 Å². The van der Waals surface area contributed by atoms with Gasteiger partial charge in [0, 0.05) is 34.7 Å². The highest BCUT2D eigenvalue weighted by atomic mass is 32.2. The van der Waals surface area contributed by atoms with Gasteiger partial charge in [0.15, 0.2) is 0 Å². The molecule has 1 aromatic carbocycles. The molecule has 0 spiro atoms. The lowest BCUT2D eigenvalue weighted by Crippen LogP contribution is -2.28. The van der Waals surface area contributed by atoms with Crippen molar-refractivity contribution in [1.82, 2.24) is 15.3 Å². The summed E-state index contributed by atoms with van der Waals surface area (Å²) < 4.78 is 16.8. The number of amides is 2. The van der Waals surface area contributed by atoms with Crippen LogP contribution in [0.2, 0.25) is 0 Å². The number of pyridine rings is 2. The van der Waals surface area contributed by atoms with Crippen LogP contribution in [-0.4, -0.2) is 67.2 Å². The molecule has 0 radical (unpaired) electrons. The number of ether oxygens (including phenoxy) is 3. The van der Waals surface area contributed by atoms with E-state index in [1.54, 1.807) is 24.3 Å². The standard InChI is InChI=1S/C25H25N5O5S/c1-33-22-5-3-17-24(29-22)23-14(12-34-19(23)10-27-17)9-26-7-6-16-11-30(25(32)35-16)15-2-4-20-18(8-15)28-21(31)13-36-20/h2-5,8,10,14,16,26H,6-7,9,11-13H2,1H3,(H,28,31)/t14?,16-/m0/s1. The molecule has 1 fully saturated rings. The lowest BCUT2D eigenvalue weighted by Gasteiger charge is -2.20. The van der Waals surface area contributed by atoms with E-state index in [9.17, 15) is 9.59 Å². The molecule has 11 heteroatoms. The number of methoxy groups -OCH3 is 1. The Kier molecular flexibility index (Phi) is 6.02. The molecule has 1 saturated heterocycles. The normalized spacial score (nSPS) is 20.5. The van der Waals surface area contributed by atoms with Crippen LogP contribution in [0.25, 0.3) is 11.0 Å². The molecule has 2 amide bonds. The Hall–Kier alpha value is -3.57. The molecular formula is C25H25N5O5S. The van der Waals surface area contributed by atoms with Gasteiger partial charge in [-0.15, -0.1) is 11.8 Å². The number of hydrogen-bond donors (Lipinski definition) is 2. The quantitative estimate of drug-likeness (QED) is 0.465. The van der Waals surface area contributed by atoms with Gasteiger partial charge < -0.3 is 24.8 Å². The van der Waals surface area contributed by atoms with Gasteiger partial charge in [-0.2, -0.15) is 0 Å². The van der Waals surface area contributed by atoms with Crippen LogP contribution < -0.4 is 25.0 Å². The Balaban J connectivity index is 1.05. The van der Waals surface area contributed by atoms with E-state index in [-0.39, 0.29) is 24.0 Å². The van der Waals surface area contributed by atoms with Gasteiger partial charge in [-0.3, -0.25) is 14.7 Å². The van der Waals surface area contributed by atoms with E-state index in [4.69, 9.17) is 14.2 Å². The molecule has 2 atom stereocenters. The molecule has 2 aromatic heterocycles. The van der Waals surface area contributed by atoms with E-state index >= 15 is 0 Å². The third kappa shape index (κ3) is 4.28. The van der Waals surface area contributed by atoms with Crippen molar-refractivity contribution in [2.75, 3.05) is 49.3 Å². The third-order valence-corrected chi connectivity index (χ3v) is 7.64. The van der Waals surface area contributed by atoms with E-state index in [0.717, 1.165) is 38.6 Å². The maximum atomic E-state index is 12.5. The van der Waals surface area contributed by atoms with Gasteiger partial charge in [-0.25, -0.2) is 9.78 Å². The number of anilines is 2. The number of nitrogens with one attached hydrogen (secondary N) is 2. The first-order valence-corrected chi connectivity index (χ1v) is 12.8. The van der Waals surface area contributed by atoms with Crippen LogP contribution >= 0.6 is 11.8 Å². The lowest BCUT2D eigenvalue weighted by atomic mass is 10.00. The summed E-state index contributed by atoms with van der Waals surface area (Å²) in [6.07, 6.45) is 1.85. The number of fused-ring (bicyclic) bond motifs is 4. The second-order valence-corrected chi connectivity index (χ2v) is 9.91. The van der Waals surface area contributed by atoms with Crippen LogP contribution in [0.3, 0.4) is 0 Å². The van der Waals surface area contributed by atoms with Crippen molar-refractivity contribution in [2.24, 2.45) is 0 Å². The summed E-state index contributed by atoms with van der Waals surface area (Å²) in [6, 6.07) is 9.37. The average molecular weight is 508 g/mol. The zero-order chi connectivity index (χ0) is 24.6. The minimum Gasteiger partial charge on any atom is -0.491 e. The van der Waals surface area contributed by atoms with Gasteiger partial charge in [-0.05, 0) is 37.2 Å². The first-order valence-electron chi connectivity index (χ1n) is 11.8. The summed E-state index contributed by atoms with van der Waals surface area (Å²) in [5, 5.41) is 6.35. The van der Waals surface area contributed by atoms with Gasteiger partial charge >= 0.3 is 6.09 Å². The highest BCUT2D eigenvalue weighted by Gasteiger charge is 2.33. The summed E-state index contributed by atoms with van der Waals surface area (Å²) in [5.74, 6) is 1.81. The smallest absolute Gasteiger partial charge is 0.414 e. The molecule has 0 bridgehead atoms. The summed E-state index contributed by atoms with van der Waals surface area (Å²) in [4.78, 5) is 35.9. The zero-order valence-electron chi connectivity index (χ0n) is 19.7. The van der Waals surface area contributed by atoms with Crippen LogP contribution in [0.5, 0.6) is 11.6 Å². The van der Waals surface area contributed by atoms with Crippen molar-refractivity contribution < 1.29 is 23.8 Å². The van der Waals surface area contributed by atoms with Gasteiger partial charge in [0.05, 0.1) is 43.4 Å². The molecule has 2 N–H and O–H groups in total.